The van der Waals surface area contributed by atoms with Crippen LogP contribution in [0.4, 0.5) is 26.3 Å². The second-order valence-corrected chi connectivity index (χ2v) is 6.35. The monoisotopic (exact) mass is 427 g/mol. The van der Waals surface area contributed by atoms with E-state index in [9.17, 15) is 31.1 Å². The summed E-state index contributed by atoms with van der Waals surface area (Å²) in [6.45, 7) is 1.62. The van der Waals surface area contributed by atoms with E-state index in [0.717, 1.165) is 24.3 Å². The van der Waals surface area contributed by atoms with E-state index in [-0.39, 0.29) is 29.1 Å². The molecule has 0 bridgehead atoms. The topological polar surface area (TPSA) is 42.1 Å². The number of alkyl halides is 6. The van der Waals surface area contributed by atoms with Crippen molar-refractivity contribution in [2.45, 2.75) is 19.3 Å². The van der Waals surface area contributed by atoms with Gasteiger partial charge in [-0.3, -0.25) is 0 Å². The Kier molecular flexibility index (Phi) is 5.65. The molecule has 0 radical (unpaired) electrons. The van der Waals surface area contributed by atoms with Crippen molar-refractivity contribution in [3.63, 3.8) is 0 Å². The van der Waals surface area contributed by atoms with E-state index in [1.807, 2.05) is 0 Å². The van der Waals surface area contributed by atoms with Gasteiger partial charge in [-0.15, -0.1) is 0 Å². The average Bonchev–Trinajstić information content (AvgIpc) is 3.13. The number of carbonyl (C=O) groups is 1. The molecule has 0 aliphatic carbocycles. The van der Waals surface area contributed by atoms with Crippen LogP contribution in [-0.2, 0) is 17.1 Å². The number of hydrogen-bond acceptors (Lipinski definition) is 2. The number of aromatic nitrogens is 1. The second-order valence-electron chi connectivity index (χ2n) is 6.35. The lowest BCUT2D eigenvalue weighted by atomic mass is 10.0. The van der Waals surface area contributed by atoms with Gasteiger partial charge in [-0.05, 0) is 48.4 Å². The van der Waals surface area contributed by atoms with E-state index in [2.05, 4.69) is 4.98 Å². The standard InChI is InChI=1S/C21H15F6NO2/c1-2-30-19(29)16-11-17(12-6-8-14(9-7-12)20(22,23)24)28-18(16)13-4-3-5-15(10-13)21(25,26)27/h3-11,28H,2H2,1H3. The van der Waals surface area contributed by atoms with Gasteiger partial charge in [0.15, 0.2) is 0 Å². The fourth-order valence-corrected chi connectivity index (χ4v) is 2.90. The van der Waals surface area contributed by atoms with Crippen molar-refractivity contribution in [1.82, 2.24) is 4.98 Å². The molecular weight excluding hydrogens is 412 g/mol. The highest BCUT2D eigenvalue weighted by Gasteiger charge is 2.32. The molecule has 1 N–H and O–H groups in total. The van der Waals surface area contributed by atoms with Crippen LogP contribution in [0.3, 0.4) is 0 Å². The van der Waals surface area contributed by atoms with Gasteiger partial charge in [0.1, 0.15) is 0 Å². The molecule has 3 nitrogen and oxygen atoms in total. The fraction of sp³-hybridized carbons (Fsp3) is 0.190. The van der Waals surface area contributed by atoms with Crippen molar-refractivity contribution in [3.05, 3.63) is 71.3 Å². The quantitative estimate of drug-likeness (QED) is 0.378. The number of nitrogens with one attached hydrogen (secondary N) is 1. The Bertz CT molecular complexity index is 1050. The average molecular weight is 427 g/mol. The van der Waals surface area contributed by atoms with Gasteiger partial charge < -0.3 is 9.72 Å². The van der Waals surface area contributed by atoms with Gasteiger partial charge in [-0.1, -0.05) is 24.3 Å². The molecule has 3 rings (SSSR count). The summed E-state index contributed by atoms with van der Waals surface area (Å²) in [5, 5.41) is 0. The summed E-state index contributed by atoms with van der Waals surface area (Å²) in [7, 11) is 0. The normalized spacial score (nSPS) is 12.1. The molecule has 0 atom stereocenters. The van der Waals surface area contributed by atoms with E-state index in [0.29, 0.717) is 5.56 Å². The van der Waals surface area contributed by atoms with Gasteiger partial charge in [0.05, 0.1) is 29.0 Å². The Balaban J connectivity index is 2.10. The molecule has 0 aliphatic heterocycles. The maximum Gasteiger partial charge on any atom is 0.416 e. The van der Waals surface area contributed by atoms with Crippen LogP contribution < -0.4 is 0 Å². The zero-order valence-corrected chi connectivity index (χ0v) is 15.5. The summed E-state index contributed by atoms with van der Waals surface area (Å²) < 4.78 is 82.5. The Morgan fingerprint density at radius 3 is 2.07 bits per heavy atom. The van der Waals surface area contributed by atoms with Crippen LogP contribution in [0.5, 0.6) is 0 Å². The van der Waals surface area contributed by atoms with Crippen LogP contribution in [0.15, 0.2) is 54.6 Å². The number of halogens is 6. The molecule has 30 heavy (non-hydrogen) atoms. The molecule has 0 amide bonds. The highest BCUT2D eigenvalue weighted by molar-refractivity contribution is 5.98. The first-order chi connectivity index (χ1) is 14.0. The van der Waals surface area contributed by atoms with Crippen molar-refractivity contribution >= 4 is 5.97 Å². The molecule has 3 aromatic rings. The van der Waals surface area contributed by atoms with Crippen LogP contribution in [0.25, 0.3) is 22.5 Å². The highest BCUT2D eigenvalue weighted by Crippen LogP contribution is 2.36. The fourth-order valence-electron chi connectivity index (χ4n) is 2.90. The maximum atomic E-state index is 13.1. The number of ether oxygens (including phenoxy) is 1. The first-order valence-electron chi connectivity index (χ1n) is 8.76. The van der Waals surface area contributed by atoms with Gasteiger partial charge in [0.25, 0.3) is 0 Å². The van der Waals surface area contributed by atoms with Gasteiger partial charge in [-0.25, -0.2) is 4.79 Å². The first kappa shape index (κ1) is 21.5. The van der Waals surface area contributed by atoms with E-state index in [1.165, 1.54) is 30.3 Å². The summed E-state index contributed by atoms with van der Waals surface area (Å²) >= 11 is 0. The van der Waals surface area contributed by atoms with Crippen molar-refractivity contribution < 1.29 is 35.9 Å². The van der Waals surface area contributed by atoms with E-state index < -0.39 is 29.4 Å². The minimum absolute atomic E-state index is 0.0222. The molecule has 0 fully saturated rings. The van der Waals surface area contributed by atoms with E-state index >= 15 is 0 Å². The highest BCUT2D eigenvalue weighted by atomic mass is 19.4. The zero-order chi connectivity index (χ0) is 22.1. The Morgan fingerprint density at radius 1 is 0.867 bits per heavy atom. The molecule has 158 valence electrons. The van der Waals surface area contributed by atoms with Crippen LogP contribution >= 0.6 is 0 Å². The third-order valence-electron chi connectivity index (χ3n) is 4.31. The number of H-pyrrole nitrogens is 1. The lowest BCUT2D eigenvalue weighted by Gasteiger charge is -2.09. The van der Waals surface area contributed by atoms with Crippen LogP contribution in [0.1, 0.15) is 28.4 Å². The van der Waals surface area contributed by atoms with Crippen molar-refractivity contribution in [3.8, 4) is 22.5 Å². The second kappa shape index (κ2) is 7.89. The summed E-state index contributed by atoms with van der Waals surface area (Å²) in [4.78, 5) is 15.2. The minimum atomic E-state index is -4.58. The Hall–Kier alpha value is -3.23. The molecule has 1 heterocycles. The number of esters is 1. The number of benzene rings is 2. The molecule has 0 aliphatic rings. The molecule has 9 heteroatoms. The molecule has 2 aromatic carbocycles. The first-order valence-corrected chi connectivity index (χ1v) is 8.76. The van der Waals surface area contributed by atoms with Crippen LogP contribution in [0.2, 0.25) is 0 Å². The largest absolute Gasteiger partial charge is 0.462 e. The van der Waals surface area contributed by atoms with Gasteiger partial charge >= 0.3 is 18.3 Å². The minimum Gasteiger partial charge on any atom is -0.462 e. The summed E-state index contributed by atoms with van der Waals surface area (Å²) in [6.07, 6.45) is -9.09. The number of rotatable bonds is 4. The predicted octanol–water partition coefficient (Wildman–Crippen LogP) is 6.56. The SMILES string of the molecule is CCOC(=O)c1cc(-c2ccc(C(F)(F)F)cc2)[nH]c1-c1cccc(C(F)(F)F)c1. The third kappa shape index (κ3) is 4.50. The predicted molar refractivity (Wildman–Crippen MR) is 97.6 cm³/mol. The van der Waals surface area contributed by atoms with Gasteiger partial charge in [0.2, 0.25) is 0 Å². The Labute approximate surface area is 167 Å². The number of hydrogen-bond donors (Lipinski definition) is 1. The van der Waals surface area contributed by atoms with E-state index in [4.69, 9.17) is 4.74 Å². The van der Waals surface area contributed by atoms with Gasteiger partial charge in [-0.2, -0.15) is 26.3 Å². The molecule has 0 saturated heterocycles. The number of aromatic amines is 1. The summed E-state index contributed by atoms with van der Waals surface area (Å²) in [5.74, 6) is -0.765. The molecule has 1 aromatic heterocycles. The molecule has 0 spiro atoms. The van der Waals surface area contributed by atoms with Crippen LogP contribution in [0, 0.1) is 0 Å². The van der Waals surface area contributed by atoms with Crippen molar-refractivity contribution in [1.29, 1.82) is 0 Å². The van der Waals surface area contributed by atoms with E-state index in [1.54, 1.807) is 6.92 Å². The summed E-state index contributed by atoms with van der Waals surface area (Å²) in [5.41, 5.74) is -1.01. The zero-order valence-electron chi connectivity index (χ0n) is 15.5. The third-order valence-corrected chi connectivity index (χ3v) is 4.31. The Morgan fingerprint density at radius 2 is 1.50 bits per heavy atom. The van der Waals surface area contributed by atoms with Crippen molar-refractivity contribution in [2.75, 3.05) is 6.61 Å². The maximum absolute atomic E-state index is 13.1. The lowest BCUT2D eigenvalue weighted by molar-refractivity contribution is -0.138. The summed E-state index contributed by atoms with van der Waals surface area (Å²) in [6, 6.07) is 9.88. The molecular formula is C21H15F6NO2. The van der Waals surface area contributed by atoms with Crippen LogP contribution in [-0.4, -0.2) is 17.6 Å². The smallest absolute Gasteiger partial charge is 0.416 e. The number of carbonyl (C=O) groups excluding carboxylic acids is 1. The van der Waals surface area contributed by atoms with Crippen molar-refractivity contribution in [2.24, 2.45) is 0 Å². The van der Waals surface area contributed by atoms with Gasteiger partial charge in [0, 0.05) is 5.69 Å². The molecule has 0 unspecified atom stereocenters. The molecule has 0 saturated carbocycles. The lowest BCUT2D eigenvalue weighted by Crippen LogP contribution is -2.06.